The number of halogens is 2. The zero-order valence-electron chi connectivity index (χ0n) is 9.41. The fourth-order valence-electron chi connectivity index (χ4n) is 1.65. The highest BCUT2D eigenvalue weighted by Crippen LogP contribution is 2.20. The second kappa shape index (κ2) is 5.53. The lowest BCUT2D eigenvalue weighted by Gasteiger charge is -2.15. The molecule has 0 radical (unpaired) electrons. The van der Waals surface area contributed by atoms with Crippen molar-refractivity contribution in [2.24, 2.45) is 0 Å². The van der Waals surface area contributed by atoms with E-state index in [4.69, 9.17) is 4.42 Å². The summed E-state index contributed by atoms with van der Waals surface area (Å²) in [4.78, 5) is 0. The van der Waals surface area contributed by atoms with Crippen molar-refractivity contribution in [3.05, 3.63) is 51.7 Å². The van der Waals surface area contributed by atoms with Crippen LogP contribution in [0.15, 0.2) is 41.0 Å². The Kier molecular flexibility index (Phi) is 4.04. The number of furan rings is 1. The van der Waals surface area contributed by atoms with Gasteiger partial charge in [0, 0.05) is 21.7 Å². The van der Waals surface area contributed by atoms with Gasteiger partial charge in [-0.05, 0) is 59.8 Å². The largest absolute Gasteiger partial charge is 0.469 e. The highest BCUT2D eigenvalue weighted by Gasteiger charge is 2.08. The summed E-state index contributed by atoms with van der Waals surface area (Å²) in [5, 5.41) is 3.34. The quantitative estimate of drug-likeness (QED) is 0.846. The third-order valence-electron chi connectivity index (χ3n) is 2.42. The Balaban J connectivity index is 2.00. The molecule has 90 valence electrons. The van der Waals surface area contributed by atoms with Crippen LogP contribution in [0.4, 0.5) is 10.1 Å². The lowest BCUT2D eigenvalue weighted by molar-refractivity contribution is 0.497. The van der Waals surface area contributed by atoms with Crippen LogP contribution in [-0.2, 0) is 6.42 Å². The van der Waals surface area contributed by atoms with Crippen LogP contribution in [0.25, 0.3) is 0 Å². The molecule has 2 nitrogen and oxygen atoms in total. The molecule has 1 N–H and O–H groups in total. The number of benzene rings is 1. The molecular weight excluding hydrogens is 332 g/mol. The molecule has 0 amide bonds. The van der Waals surface area contributed by atoms with Crippen molar-refractivity contribution in [2.75, 3.05) is 5.32 Å². The van der Waals surface area contributed by atoms with Crippen molar-refractivity contribution in [1.29, 1.82) is 0 Å². The Morgan fingerprint density at radius 3 is 2.88 bits per heavy atom. The van der Waals surface area contributed by atoms with Gasteiger partial charge in [0.05, 0.1) is 6.26 Å². The average Bonchev–Trinajstić information content (AvgIpc) is 2.75. The summed E-state index contributed by atoms with van der Waals surface area (Å²) in [6.07, 6.45) is 2.48. The van der Waals surface area contributed by atoms with Gasteiger partial charge < -0.3 is 9.73 Å². The van der Waals surface area contributed by atoms with Gasteiger partial charge >= 0.3 is 0 Å². The van der Waals surface area contributed by atoms with Gasteiger partial charge in [0.2, 0.25) is 0 Å². The molecular formula is C13H13FINO. The first-order valence-electron chi connectivity index (χ1n) is 5.39. The van der Waals surface area contributed by atoms with Crippen LogP contribution in [0.1, 0.15) is 12.7 Å². The number of nitrogens with one attached hydrogen (secondary N) is 1. The van der Waals surface area contributed by atoms with Gasteiger partial charge in [-0.3, -0.25) is 0 Å². The summed E-state index contributed by atoms with van der Waals surface area (Å²) < 4.78 is 19.1. The van der Waals surface area contributed by atoms with Crippen LogP contribution in [0.2, 0.25) is 0 Å². The van der Waals surface area contributed by atoms with Crippen LogP contribution < -0.4 is 5.32 Å². The molecule has 1 heterocycles. The maximum atomic E-state index is 12.9. The normalized spacial score (nSPS) is 12.4. The number of hydrogen-bond acceptors (Lipinski definition) is 2. The Morgan fingerprint density at radius 1 is 1.41 bits per heavy atom. The van der Waals surface area contributed by atoms with Gasteiger partial charge in [0.15, 0.2) is 0 Å². The SMILES string of the molecule is CC(Cc1ccco1)Nc1ccc(F)cc1I. The van der Waals surface area contributed by atoms with Gasteiger partial charge in [0.1, 0.15) is 11.6 Å². The van der Waals surface area contributed by atoms with E-state index in [0.29, 0.717) is 0 Å². The first-order chi connectivity index (χ1) is 8.15. The van der Waals surface area contributed by atoms with Crippen molar-refractivity contribution in [1.82, 2.24) is 0 Å². The van der Waals surface area contributed by atoms with E-state index < -0.39 is 0 Å². The summed E-state index contributed by atoms with van der Waals surface area (Å²) >= 11 is 2.12. The minimum Gasteiger partial charge on any atom is -0.469 e. The van der Waals surface area contributed by atoms with E-state index in [1.54, 1.807) is 12.3 Å². The second-order valence-electron chi connectivity index (χ2n) is 3.95. The number of anilines is 1. The first-order valence-corrected chi connectivity index (χ1v) is 6.47. The van der Waals surface area contributed by atoms with Crippen molar-refractivity contribution in [3.8, 4) is 0 Å². The minimum atomic E-state index is -0.210. The van der Waals surface area contributed by atoms with Crippen LogP contribution in [0.3, 0.4) is 0 Å². The molecule has 17 heavy (non-hydrogen) atoms. The van der Waals surface area contributed by atoms with E-state index >= 15 is 0 Å². The summed E-state index contributed by atoms with van der Waals surface area (Å²) in [7, 11) is 0. The Hall–Kier alpha value is -1.04. The summed E-state index contributed by atoms with van der Waals surface area (Å²) in [5.74, 6) is 0.737. The Labute approximate surface area is 113 Å². The molecule has 1 atom stereocenters. The molecule has 1 aromatic heterocycles. The van der Waals surface area contributed by atoms with Crippen LogP contribution in [-0.4, -0.2) is 6.04 Å². The zero-order valence-corrected chi connectivity index (χ0v) is 11.6. The lowest BCUT2D eigenvalue weighted by Crippen LogP contribution is -2.18. The third-order valence-corrected chi connectivity index (χ3v) is 3.31. The topological polar surface area (TPSA) is 25.2 Å². The van der Waals surface area contributed by atoms with E-state index in [2.05, 4.69) is 34.8 Å². The average molecular weight is 345 g/mol. The minimum absolute atomic E-state index is 0.210. The van der Waals surface area contributed by atoms with Gasteiger partial charge in [-0.2, -0.15) is 0 Å². The van der Waals surface area contributed by atoms with Crippen LogP contribution in [0, 0.1) is 9.39 Å². The molecule has 2 rings (SSSR count). The van der Waals surface area contributed by atoms with Crippen molar-refractivity contribution >= 4 is 28.3 Å². The van der Waals surface area contributed by atoms with Gasteiger partial charge in [-0.15, -0.1) is 0 Å². The molecule has 0 spiro atoms. The highest BCUT2D eigenvalue weighted by atomic mass is 127. The molecule has 0 aliphatic heterocycles. The fraction of sp³-hybridized carbons (Fsp3) is 0.231. The highest BCUT2D eigenvalue weighted by molar-refractivity contribution is 14.1. The molecule has 1 aromatic carbocycles. The molecule has 0 fully saturated rings. The standard InChI is InChI=1S/C13H13FINO/c1-9(7-11-3-2-6-17-11)16-13-5-4-10(14)8-12(13)15/h2-6,8-9,16H,7H2,1H3. The number of hydrogen-bond donors (Lipinski definition) is 1. The molecule has 1 unspecified atom stereocenters. The van der Waals surface area contributed by atoms with Crippen LogP contribution >= 0.6 is 22.6 Å². The van der Waals surface area contributed by atoms with E-state index in [0.717, 1.165) is 21.4 Å². The Morgan fingerprint density at radius 2 is 2.24 bits per heavy atom. The predicted molar refractivity (Wildman–Crippen MR) is 74.6 cm³/mol. The molecule has 0 saturated carbocycles. The summed E-state index contributed by atoms with van der Waals surface area (Å²) in [6.45, 7) is 2.07. The molecule has 4 heteroatoms. The van der Waals surface area contributed by atoms with Crippen molar-refractivity contribution in [3.63, 3.8) is 0 Å². The number of rotatable bonds is 4. The lowest BCUT2D eigenvalue weighted by atomic mass is 10.2. The van der Waals surface area contributed by atoms with E-state index in [9.17, 15) is 4.39 Å². The molecule has 2 aromatic rings. The fourth-order valence-corrected chi connectivity index (χ4v) is 2.29. The second-order valence-corrected chi connectivity index (χ2v) is 5.12. The summed E-state index contributed by atoms with van der Waals surface area (Å²) in [5.41, 5.74) is 0.950. The van der Waals surface area contributed by atoms with E-state index in [-0.39, 0.29) is 11.9 Å². The third kappa shape index (κ3) is 3.46. The van der Waals surface area contributed by atoms with E-state index in [1.165, 1.54) is 12.1 Å². The molecule has 0 aliphatic carbocycles. The monoisotopic (exact) mass is 345 g/mol. The maximum absolute atomic E-state index is 12.9. The molecule has 0 aliphatic rings. The van der Waals surface area contributed by atoms with Gasteiger partial charge in [-0.25, -0.2) is 4.39 Å². The van der Waals surface area contributed by atoms with Crippen molar-refractivity contribution in [2.45, 2.75) is 19.4 Å². The molecule has 0 bridgehead atoms. The maximum Gasteiger partial charge on any atom is 0.124 e. The first kappa shape index (κ1) is 12.4. The van der Waals surface area contributed by atoms with E-state index in [1.807, 2.05) is 12.1 Å². The Bertz CT molecular complexity index is 484. The predicted octanol–water partition coefficient (Wildman–Crippen LogP) is 4.07. The van der Waals surface area contributed by atoms with Gasteiger partial charge in [-0.1, -0.05) is 0 Å². The smallest absolute Gasteiger partial charge is 0.124 e. The zero-order chi connectivity index (χ0) is 12.3. The summed E-state index contributed by atoms with van der Waals surface area (Å²) in [6, 6.07) is 8.81. The van der Waals surface area contributed by atoms with Gasteiger partial charge in [0.25, 0.3) is 0 Å². The van der Waals surface area contributed by atoms with Crippen molar-refractivity contribution < 1.29 is 8.81 Å². The van der Waals surface area contributed by atoms with Crippen LogP contribution in [0.5, 0.6) is 0 Å². The molecule has 0 saturated heterocycles.